The summed E-state index contributed by atoms with van der Waals surface area (Å²) in [6, 6.07) is 10.9. The molecule has 2 aromatic rings. The van der Waals surface area contributed by atoms with Crippen molar-refractivity contribution in [2.75, 3.05) is 41.7 Å². The summed E-state index contributed by atoms with van der Waals surface area (Å²) in [5.41, 5.74) is -1.10. The molecule has 208 valence electrons. The third-order valence-corrected chi connectivity index (χ3v) is 7.41. The quantitative estimate of drug-likeness (QED) is 0.295. The second-order valence-electron chi connectivity index (χ2n) is 9.94. The van der Waals surface area contributed by atoms with E-state index in [0.29, 0.717) is 47.3 Å². The number of ether oxygens (including phenoxy) is 5. The minimum Gasteiger partial charge on any atom is -0.497 e. The second kappa shape index (κ2) is 13.9. The average molecular weight is 519 g/mol. The molecule has 0 fully saturated rings. The zero-order chi connectivity index (χ0) is 27.6. The van der Waals surface area contributed by atoms with E-state index < -0.39 is 11.2 Å². The Labute approximate surface area is 222 Å². The maximum Gasteiger partial charge on any atom is 0.125 e. The van der Waals surface area contributed by atoms with Crippen LogP contribution in [-0.2, 0) is 15.9 Å². The molecule has 0 spiro atoms. The molecule has 0 aromatic heterocycles. The van der Waals surface area contributed by atoms with Gasteiger partial charge in [0.25, 0.3) is 0 Å². The monoisotopic (exact) mass is 518 g/mol. The highest BCUT2D eigenvalue weighted by atomic mass is 16.5. The lowest BCUT2D eigenvalue weighted by molar-refractivity contribution is -0.0845. The fourth-order valence-electron chi connectivity index (χ4n) is 4.96. The van der Waals surface area contributed by atoms with Gasteiger partial charge in [0.2, 0.25) is 0 Å². The van der Waals surface area contributed by atoms with Crippen molar-refractivity contribution in [3.63, 3.8) is 0 Å². The largest absolute Gasteiger partial charge is 0.497 e. The number of hydrogen-bond acceptors (Lipinski definition) is 7. The second-order valence-corrected chi connectivity index (χ2v) is 9.94. The van der Waals surface area contributed by atoms with Crippen molar-refractivity contribution >= 4 is 0 Å². The lowest BCUT2D eigenvalue weighted by Gasteiger charge is -2.37. The Balaban J connectivity index is 2.29. The van der Waals surface area contributed by atoms with Gasteiger partial charge >= 0.3 is 0 Å². The zero-order valence-electron chi connectivity index (χ0n) is 23.8. The van der Waals surface area contributed by atoms with Crippen LogP contribution in [0.25, 0.3) is 0 Å². The van der Waals surface area contributed by atoms with E-state index in [0.717, 1.165) is 25.7 Å². The van der Waals surface area contributed by atoms with Gasteiger partial charge in [-0.1, -0.05) is 26.7 Å². The van der Waals surface area contributed by atoms with Gasteiger partial charge in [0.1, 0.15) is 23.0 Å². The van der Waals surface area contributed by atoms with E-state index in [1.165, 1.54) is 0 Å². The van der Waals surface area contributed by atoms with E-state index in [1.54, 1.807) is 42.3 Å². The molecule has 2 N–H and O–H groups in total. The molecule has 4 unspecified atom stereocenters. The summed E-state index contributed by atoms with van der Waals surface area (Å²) in [5, 5.41) is 23.5. The molecule has 7 nitrogen and oxygen atoms in total. The Hall–Kier alpha value is -2.48. The first kappa shape index (κ1) is 30.7. The number of rotatable bonds is 16. The topological polar surface area (TPSA) is 86.6 Å². The van der Waals surface area contributed by atoms with Crippen molar-refractivity contribution in [1.82, 2.24) is 0 Å². The third-order valence-electron chi connectivity index (χ3n) is 7.41. The molecule has 0 bridgehead atoms. The maximum absolute atomic E-state index is 11.7. The van der Waals surface area contributed by atoms with Gasteiger partial charge in [-0.05, 0) is 63.1 Å². The van der Waals surface area contributed by atoms with Crippen LogP contribution in [0, 0.1) is 11.8 Å². The van der Waals surface area contributed by atoms with Gasteiger partial charge < -0.3 is 33.9 Å². The first-order chi connectivity index (χ1) is 17.6. The first-order valence-corrected chi connectivity index (χ1v) is 13.1. The Kier molecular flexibility index (Phi) is 11.5. The highest BCUT2D eigenvalue weighted by Crippen LogP contribution is 2.42. The van der Waals surface area contributed by atoms with Crippen LogP contribution in [0.4, 0.5) is 0 Å². The lowest BCUT2D eigenvalue weighted by atomic mass is 9.79. The molecular formula is C30H46O7. The van der Waals surface area contributed by atoms with E-state index in [4.69, 9.17) is 23.7 Å². The van der Waals surface area contributed by atoms with Gasteiger partial charge in [0, 0.05) is 23.0 Å². The summed E-state index contributed by atoms with van der Waals surface area (Å²) < 4.78 is 28.2. The fourth-order valence-corrected chi connectivity index (χ4v) is 4.96. The van der Waals surface area contributed by atoms with Crippen molar-refractivity contribution in [2.45, 2.75) is 64.6 Å². The van der Waals surface area contributed by atoms with Crippen molar-refractivity contribution in [3.05, 3.63) is 47.5 Å². The number of hydrogen-bond donors (Lipinski definition) is 2. The van der Waals surface area contributed by atoms with E-state index in [-0.39, 0.29) is 11.8 Å². The number of methoxy groups -OCH3 is 4. The summed E-state index contributed by atoms with van der Waals surface area (Å²) in [5.74, 6) is 2.11. The Morgan fingerprint density at radius 3 is 1.32 bits per heavy atom. The van der Waals surface area contributed by atoms with Crippen LogP contribution < -0.4 is 18.9 Å². The Bertz CT molecular complexity index is 893. The molecular weight excluding hydrogens is 472 g/mol. The van der Waals surface area contributed by atoms with E-state index in [1.807, 2.05) is 36.4 Å². The summed E-state index contributed by atoms with van der Waals surface area (Å²) >= 11 is 0. The Morgan fingerprint density at radius 1 is 0.649 bits per heavy atom. The molecule has 0 amide bonds. The molecule has 37 heavy (non-hydrogen) atoms. The molecule has 2 rings (SSSR count). The zero-order valence-corrected chi connectivity index (χ0v) is 23.8. The molecule has 2 aromatic carbocycles. The summed E-state index contributed by atoms with van der Waals surface area (Å²) in [6.07, 6.45) is 3.28. The van der Waals surface area contributed by atoms with Crippen LogP contribution in [0.2, 0.25) is 0 Å². The third kappa shape index (κ3) is 7.30. The summed E-state index contributed by atoms with van der Waals surface area (Å²) in [4.78, 5) is 0. The molecule has 4 atom stereocenters. The van der Waals surface area contributed by atoms with Crippen LogP contribution in [0.3, 0.4) is 0 Å². The smallest absolute Gasteiger partial charge is 0.125 e. The molecule has 0 radical (unpaired) electrons. The average Bonchev–Trinajstić information content (AvgIpc) is 2.90. The molecule has 0 heterocycles. The van der Waals surface area contributed by atoms with Gasteiger partial charge in [0.05, 0.1) is 52.9 Å². The highest BCUT2D eigenvalue weighted by Gasteiger charge is 2.39. The van der Waals surface area contributed by atoms with Crippen molar-refractivity contribution in [2.24, 2.45) is 11.8 Å². The first-order valence-electron chi connectivity index (χ1n) is 13.1. The molecule has 0 saturated carbocycles. The standard InChI is InChI=1S/C30H46O7/c1-9-11-21(29(3,31)25-17-23(33-5)13-15-27(25)35-7)19-37-20-22(12-10-2)30(4,32)26-18-24(34-6)14-16-28(26)36-8/h13-18,21-22,31-32H,9-12,19-20H2,1-8H3. The van der Waals surface area contributed by atoms with Crippen LogP contribution in [0.5, 0.6) is 23.0 Å². The highest BCUT2D eigenvalue weighted by molar-refractivity contribution is 5.45. The molecule has 0 aliphatic rings. The van der Waals surface area contributed by atoms with E-state index >= 15 is 0 Å². The maximum atomic E-state index is 11.7. The van der Waals surface area contributed by atoms with Gasteiger partial charge in [-0.25, -0.2) is 0 Å². The normalized spacial score (nSPS) is 16.3. The minimum absolute atomic E-state index is 0.197. The fraction of sp³-hybridized carbons (Fsp3) is 0.600. The van der Waals surface area contributed by atoms with Crippen molar-refractivity contribution in [3.8, 4) is 23.0 Å². The molecule has 0 saturated heterocycles. The molecule has 7 heteroatoms. The van der Waals surface area contributed by atoms with Crippen molar-refractivity contribution in [1.29, 1.82) is 0 Å². The van der Waals surface area contributed by atoms with Gasteiger partial charge in [-0.3, -0.25) is 0 Å². The van der Waals surface area contributed by atoms with Crippen LogP contribution in [-0.4, -0.2) is 51.9 Å². The van der Waals surface area contributed by atoms with Gasteiger partial charge in [-0.15, -0.1) is 0 Å². The minimum atomic E-state index is -1.21. The summed E-state index contributed by atoms with van der Waals surface area (Å²) in [6.45, 7) is 8.43. The predicted molar refractivity (Wildman–Crippen MR) is 146 cm³/mol. The predicted octanol–water partition coefficient (Wildman–Crippen LogP) is 5.69. The Morgan fingerprint density at radius 2 is 1.03 bits per heavy atom. The van der Waals surface area contributed by atoms with Crippen LogP contribution >= 0.6 is 0 Å². The lowest BCUT2D eigenvalue weighted by Crippen LogP contribution is -2.38. The van der Waals surface area contributed by atoms with Crippen molar-refractivity contribution < 1.29 is 33.9 Å². The number of aliphatic hydroxyl groups is 2. The van der Waals surface area contributed by atoms with Crippen LogP contribution in [0.1, 0.15) is 64.5 Å². The molecule has 0 aliphatic heterocycles. The molecule has 0 aliphatic carbocycles. The van der Waals surface area contributed by atoms with E-state index in [2.05, 4.69) is 13.8 Å². The SMILES string of the molecule is CCCC(COCC(CCC)C(C)(O)c1cc(OC)ccc1OC)C(C)(O)c1cc(OC)ccc1OC. The van der Waals surface area contributed by atoms with Crippen LogP contribution in [0.15, 0.2) is 36.4 Å². The van der Waals surface area contributed by atoms with E-state index in [9.17, 15) is 10.2 Å². The van der Waals surface area contributed by atoms with Gasteiger partial charge in [-0.2, -0.15) is 0 Å². The summed E-state index contributed by atoms with van der Waals surface area (Å²) in [7, 11) is 6.39. The number of benzene rings is 2. The van der Waals surface area contributed by atoms with Gasteiger partial charge in [0.15, 0.2) is 0 Å².